The quantitative estimate of drug-likeness (QED) is 0.245. The topological polar surface area (TPSA) is 111 Å². The fourth-order valence-corrected chi connectivity index (χ4v) is 4.74. The Kier molecular flexibility index (Phi) is 6.72. The van der Waals surface area contributed by atoms with Crippen molar-refractivity contribution < 1.29 is 13.5 Å². The molecule has 5 heterocycles. The van der Waals surface area contributed by atoms with Gasteiger partial charge < -0.3 is 24.8 Å². The van der Waals surface area contributed by atoms with Gasteiger partial charge in [0.1, 0.15) is 11.6 Å². The molecule has 0 atom stereocenters. The van der Waals surface area contributed by atoms with Gasteiger partial charge in [0.15, 0.2) is 23.2 Å². The fraction of sp³-hybridized carbons (Fsp3) is 0.214. The molecular formula is C28H27F2N9O. The normalized spacial score (nSPS) is 13.9. The maximum Gasteiger partial charge on any atom is 0.326 e. The molecule has 204 valence electrons. The molecule has 6 rings (SSSR count). The van der Waals surface area contributed by atoms with Crippen molar-refractivity contribution in [3.8, 4) is 11.8 Å². The first kappa shape index (κ1) is 25.3. The van der Waals surface area contributed by atoms with Crippen molar-refractivity contribution in [1.82, 2.24) is 30.1 Å². The number of hydrogen-bond acceptors (Lipinski definition) is 8. The number of H-pyrrole nitrogens is 2. The standard InChI is InChI=1S/C28H27F2N9O/c1-3-4-18-14-24(37-36-18)33-23-16-25(39-11-9-38(10-12-39)19-5-7-31-8-6-19)35-28(34-23)40-22-15-21(29)27-20(26(22)30)13-17(2)32-27/h3-8,13-16,32H,9-12H2,1-2H3,(H2,33,34,35,36,37)/b4-3+. The van der Waals surface area contributed by atoms with E-state index < -0.39 is 11.6 Å². The molecule has 1 aliphatic heterocycles. The fourth-order valence-electron chi connectivity index (χ4n) is 4.74. The zero-order valence-corrected chi connectivity index (χ0v) is 21.9. The van der Waals surface area contributed by atoms with Crippen LogP contribution in [-0.2, 0) is 0 Å². The summed E-state index contributed by atoms with van der Waals surface area (Å²) in [6.07, 6.45) is 7.34. The third kappa shape index (κ3) is 5.15. The Morgan fingerprint density at radius 3 is 2.52 bits per heavy atom. The number of hydrogen-bond donors (Lipinski definition) is 3. The van der Waals surface area contributed by atoms with E-state index in [1.807, 2.05) is 37.3 Å². The first-order valence-electron chi connectivity index (χ1n) is 12.9. The first-order valence-corrected chi connectivity index (χ1v) is 12.9. The van der Waals surface area contributed by atoms with Crippen molar-refractivity contribution in [2.75, 3.05) is 41.3 Å². The van der Waals surface area contributed by atoms with Gasteiger partial charge in [0.2, 0.25) is 0 Å². The highest BCUT2D eigenvalue weighted by atomic mass is 19.1. The Balaban J connectivity index is 1.31. The molecule has 1 aliphatic rings. The first-order chi connectivity index (χ1) is 19.5. The summed E-state index contributed by atoms with van der Waals surface area (Å²) in [5, 5.41) is 10.4. The number of rotatable bonds is 7. The molecule has 5 aromatic rings. The van der Waals surface area contributed by atoms with Crippen LogP contribution < -0.4 is 19.9 Å². The second-order valence-corrected chi connectivity index (χ2v) is 9.42. The lowest BCUT2D eigenvalue weighted by Gasteiger charge is -2.36. The number of aromatic nitrogens is 6. The van der Waals surface area contributed by atoms with Crippen LogP contribution in [0, 0.1) is 18.6 Å². The van der Waals surface area contributed by atoms with Crippen molar-refractivity contribution in [3.05, 3.63) is 77.9 Å². The van der Waals surface area contributed by atoms with Gasteiger partial charge in [-0.1, -0.05) is 6.08 Å². The Morgan fingerprint density at radius 1 is 0.975 bits per heavy atom. The summed E-state index contributed by atoms with van der Waals surface area (Å²) in [5.74, 6) is -0.106. The number of pyridine rings is 1. The van der Waals surface area contributed by atoms with Crippen molar-refractivity contribution in [1.29, 1.82) is 0 Å². The minimum atomic E-state index is -0.696. The van der Waals surface area contributed by atoms with Crippen LogP contribution in [0.3, 0.4) is 0 Å². The van der Waals surface area contributed by atoms with Gasteiger partial charge in [-0.25, -0.2) is 8.78 Å². The second-order valence-electron chi connectivity index (χ2n) is 9.42. The highest BCUT2D eigenvalue weighted by Crippen LogP contribution is 2.33. The number of anilines is 4. The van der Waals surface area contributed by atoms with Gasteiger partial charge in [-0.15, -0.1) is 0 Å². The van der Waals surface area contributed by atoms with Crippen LogP contribution in [-0.4, -0.2) is 56.3 Å². The van der Waals surface area contributed by atoms with E-state index in [0.717, 1.165) is 30.5 Å². The summed E-state index contributed by atoms with van der Waals surface area (Å²) in [4.78, 5) is 20.3. The molecule has 0 bridgehead atoms. The van der Waals surface area contributed by atoms with Gasteiger partial charge in [-0.05, 0) is 38.1 Å². The monoisotopic (exact) mass is 543 g/mol. The highest BCUT2D eigenvalue weighted by Gasteiger charge is 2.22. The minimum Gasteiger partial charge on any atom is -0.421 e. The molecule has 10 nitrogen and oxygen atoms in total. The number of fused-ring (bicyclic) bond motifs is 1. The summed E-state index contributed by atoms with van der Waals surface area (Å²) >= 11 is 0. The molecule has 1 saturated heterocycles. The van der Waals surface area contributed by atoms with Crippen LogP contribution >= 0.6 is 0 Å². The Bertz CT molecular complexity index is 1670. The summed E-state index contributed by atoms with van der Waals surface area (Å²) < 4.78 is 35.8. The van der Waals surface area contributed by atoms with E-state index in [-0.39, 0.29) is 22.7 Å². The number of piperazine rings is 1. The molecular weight excluding hydrogens is 516 g/mol. The van der Waals surface area contributed by atoms with E-state index in [9.17, 15) is 4.39 Å². The van der Waals surface area contributed by atoms with Gasteiger partial charge in [0.25, 0.3) is 0 Å². The number of benzene rings is 1. The number of allylic oxidation sites excluding steroid dienone is 1. The number of nitrogens with zero attached hydrogens (tertiary/aromatic N) is 6. The average molecular weight is 544 g/mol. The lowest BCUT2D eigenvalue weighted by molar-refractivity contribution is 0.410. The number of ether oxygens (including phenoxy) is 1. The predicted molar refractivity (Wildman–Crippen MR) is 150 cm³/mol. The molecule has 3 N–H and O–H groups in total. The van der Waals surface area contributed by atoms with E-state index in [0.29, 0.717) is 36.2 Å². The largest absolute Gasteiger partial charge is 0.421 e. The molecule has 0 amide bonds. The van der Waals surface area contributed by atoms with Gasteiger partial charge in [-0.3, -0.25) is 10.1 Å². The van der Waals surface area contributed by atoms with Gasteiger partial charge >= 0.3 is 6.01 Å². The van der Waals surface area contributed by atoms with Crippen LogP contribution in [0.25, 0.3) is 17.0 Å². The zero-order chi connectivity index (χ0) is 27.6. The Morgan fingerprint density at radius 2 is 1.75 bits per heavy atom. The third-order valence-electron chi connectivity index (χ3n) is 6.63. The zero-order valence-electron chi connectivity index (χ0n) is 21.9. The van der Waals surface area contributed by atoms with Crippen molar-refractivity contribution in [2.24, 2.45) is 0 Å². The molecule has 0 saturated carbocycles. The summed E-state index contributed by atoms with van der Waals surface area (Å²) in [7, 11) is 0. The number of aryl methyl sites for hydroxylation is 1. The van der Waals surface area contributed by atoms with Crippen LogP contribution in [0.4, 0.5) is 31.9 Å². The average Bonchev–Trinajstić information content (AvgIpc) is 3.58. The predicted octanol–water partition coefficient (Wildman–Crippen LogP) is 5.56. The van der Waals surface area contributed by atoms with E-state index >= 15 is 4.39 Å². The molecule has 0 aliphatic carbocycles. The Hall–Kier alpha value is -5.00. The van der Waals surface area contributed by atoms with E-state index in [2.05, 4.69) is 45.2 Å². The van der Waals surface area contributed by atoms with Crippen molar-refractivity contribution in [3.63, 3.8) is 0 Å². The lowest BCUT2D eigenvalue weighted by atomic mass is 10.2. The minimum absolute atomic E-state index is 0.0851. The Labute approximate surface area is 228 Å². The SMILES string of the molecule is C/C=C/c1cc(Nc2cc(N3CCN(c4ccncc4)CC3)nc(Oc3cc(F)c4[nH]c(C)cc4c3F)n2)n[nH]1. The van der Waals surface area contributed by atoms with Crippen molar-refractivity contribution in [2.45, 2.75) is 13.8 Å². The summed E-state index contributed by atoms with van der Waals surface area (Å²) in [6, 6.07) is 9.99. The third-order valence-corrected chi connectivity index (χ3v) is 6.63. The number of halogens is 2. The molecule has 12 heteroatoms. The smallest absolute Gasteiger partial charge is 0.326 e. The maximum atomic E-state index is 15.3. The molecule has 0 spiro atoms. The molecule has 4 aromatic heterocycles. The molecule has 0 unspecified atom stereocenters. The van der Waals surface area contributed by atoms with Crippen LogP contribution in [0.15, 0.2) is 54.9 Å². The molecule has 1 fully saturated rings. The van der Waals surface area contributed by atoms with Gasteiger partial charge in [-0.2, -0.15) is 15.1 Å². The van der Waals surface area contributed by atoms with Gasteiger partial charge in [0, 0.05) is 73.5 Å². The molecule has 40 heavy (non-hydrogen) atoms. The summed E-state index contributed by atoms with van der Waals surface area (Å²) in [5.41, 5.74) is 2.64. The maximum absolute atomic E-state index is 15.3. The van der Waals surface area contributed by atoms with Crippen LogP contribution in [0.1, 0.15) is 18.3 Å². The summed E-state index contributed by atoms with van der Waals surface area (Å²) in [6.45, 7) is 6.55. The molecule has 1 aromatic carbocycles. The van der Waals surface area contributed by atoms with E-state index in [1.54, 1.807) is 25.4 Å². The number of nitrogens with one attached hydrogen (secondary N) is 3. The van der Waals surface area contributed by atoms with Gasteiger partial charge in [0.05, 0.1) is 11.2 Å². The second kappa shape index (κ2) is 10.6. The lowest BCUT2D eigenvalue weighted by Crippen LogP contribution is -2.46. The van der Waals surface area contributed by atoms with Crippen LogP contribution in [0.5, 0.6) is 11.8 Å². The van der Waals surface area contributed by atoms with E-state index in [4.69, 9.17) is 4.74 Å². The van der Waals surface area contributed by atoms with Crippen LogP contribution in [0.2, 0.25) is 0 Å². The highest BCUT2D eigenvalue weighted by molar-refractivity contribution is 5.83. The van der Waals surface area contributed by atoms with E-state index in [1.165, 1.54) is 6.07 Å². The molecule has 0 radical (unpaired) electrons. The van der Waals surface area contributed by atoms with Crippen molar-refractivity contribution >= 4 is 40.1 Å². The number of aromatic amines is 2.